The first kappa shape index (κ1) is 74.4. The van der Waals surface area contributed by atoms with Crippen LogP contribution in [-0.4, -0.2) is 100 Å². The Hall–Kier alpha value is -8.34. The molecule has 0 saturated carbocycles. The Balaban J connectivity index is 0.000000335. The normalized spacial score (nSPS) is 13.5. The third-order valence-electron chi connectivity index (χ3n) is 15.9. The highest BCUT2D eigenvalue weighted by molar-refractivity contribution is 5.92. The number of methoxy groups -OCH3 is 4. The molecule has 0 saturated heterocycles. The minimum absolute atomic E-state index is 0.0777. The number of nitrogens with one attached hydrogen (secondary N) is 4. The summed E-state index contributed by atoms with van der Waals surface area (Å²) in [4.78, 5) is 79.3. The molecule has 0 radical (unpaired) electrons. The second kappa shape index (κ2) is 35.5. The summed E-state index contributed by atoms with van der Waals surface area (Å²) < 4.78 is 27.1. The van der Waals surface area contributed by atoms with Gasteiger partial charge >= 0.3 is 11.9 Å². The van der Waals surface area contributed by atoms with Crippen LogP contribution < -0.4 is 30.7 Å². The van der Waals surface area contributed by atoms with E-state index in [0.717, 1.165) is 73.6 Å². The van der Waals surface area contributed by atoms with E-state index in [9.17, 15) is 33.9 Å². The number of hydrogen-bond donors (Lipinski definition) is 5. The first-order chi connectivity index (χ1) is 43.5. The van der Waals surface area contributed by atoms with Gasteiger partial charge in [-0.05, 0) is 164 Å². The molecule has 0 aromatic heterocycles. The second-order valence-electron chi connectivity index (χ2n) is 26.8. The molecule has 0 aliphatic carbocycles. The minimum atomic E-state index is -1.05. The maximum Gasteiger partial charge on any atom is 0.307 e. The fourth-order valence-corrected chi connectivity index (χ4v) is 11.1. The van der Waals surface area contributed by atoms with Crippen LogP contribution in [0, 0.1) is 36.5 Å². The molecule has 0 spiro atoms. The van der Waals surface area contributed by atoms with Gasteiger partial charge in [0.2, 0.25) is 23.6 Å². The fourth-order valence-electron chi connectivity index (χ4n) is 11.1. The molecule has 5 N–H and O–H groups in total. The molecular weight excluding hydrogens is 1160 g/mol. The van der Waals surface area contributed by atoms with Crippen molar-refractivity contribution in [3.8, 4) is 33.8 Å². The van der Waals surface area contributed by atoms with Crippen LogP contribution in [0.2, 0.25) is 0 Å². The maximum atomic E-state index is 13.9. The SMILES string of the molecule is COCC(NC(=O)[C@@H](NC(=O)[C@H](CCCc1ccc(-c2cccc(OC)c2)c(C)c1)CC(=O)O)C(C)(C)C)c1ccccc1.COCC(NC(=O)[C@@H](NC(=O)[C@H](CCCc1ccc(-c2cccc(OC)c2)c(C)c1)CC(=O)OC(C)(C)C)C(C)(C)C)c1ccccc1. The Morgan fingerprint density at radius 1 is 0.457 bits per heavy atom. The van der Waals surface area contributed by atoms with Crippen LogP contribution >= 0.6 is 0 Å². The number of ether oxygens (including phenoxy) is 5. The van der Waals surface area contributed by atoms with Gasteiger partial charge in [0.15, 0.2) is 0 Å². The van der Waals surface area contributed by atoms with Crippen LogP contribution in [0.15, 0.2) is 146 Å². The smallest absolute Gasteiger partial charge is 0.307 e. The predicted molar refractivity (Wildman–Crippen MR) is 363 cm³/mol. The molecule has 0 aliphatic rings. The third-order valence-corrected chi connectivity index (χ3v) is 15.9. The number of carbonyl (C=O) groups excluding carboxylic acids is 5. The van der Waals surface area contributed by atoms with Crippen LogP contribution in [-0.2, 0) is 55.8 Å². The summed E-state index contributed by atoms with van der Waals surface area (Å²) >= 11 is 0. The predicted octanol–water partition coefficient (Wildman–Crippen LogP) is 13.5. The van der Waals surface area contributed by atoms with Crippen molar-refractivity contribution in [1.29, 1.82) is 0 Å². The Bertz CT molecular complexity index is 3350. The number of benzene rings is 6. The van der Waals surface area contributed by atoms with Gasteiger partial charge in [0.05, 0.1) is 52.4 Å². The number of rotatable bonds is 30. The van der Waals surface area contributed by atoms with Crippen LogP contribution in [0.5, 0.6) is 11.5 Å². The lowest BCUT2D eigenvalue weighted by Gasteiger charge is -2.33. The van der Waals surface area contributed by atoms with Crippen molar-refractivity contribution in [2.75, 3.05) is 41.7 Å². The van der Waals surface area contributed by atoms with E-state index < -0.39 is 64.2 Å². The Morgan fingerprint density at radius 3 is 1.18 bits per heavy atom. The molecule has 4 amide bonds. The van der Waals surface area contributed by atoms with Crippen LogP contribution in [0.25, 0.3) is 22.3 Å². The number of amides is 4. The van der Waals surface area contributed by atoms with Crippen LogP contribution in [0.4, 0.5) is 0 Å². The molecule has 16 nitrogen and oxygen atoms in total. The highest BCUT2D eigenvalue weighted by Crippen LogP contribution is 2.32. The number of aliphatic carboxylic acids is 1. The summed E-state index contributed by atoms with van der Waals surface area (Å²) in [6.45, 7) is 21.4. The third kappa shape index (κ3) is 24.0. The molecule has 0 fully saturated rings. The molecule has 0 bridgehead atoms. The number of carboxylic acid groups (broad SMARTS) is 1. The van der Waals surface area contributed by atoms with Gasteiger partial charge < -0.3 is 50.1 Å². The van der Waals surface area contributed by atoms with E-state index in [1.807, 2.05) is 145 Å². The Kier molecular flexibility index (Phi) is 28.7. The summed E-state index contributed by atoms with van der Waals surface area (Å²) in [5.41, 5.74) is 8.81. The maximum absolute atomic E-state index is 13.9. The highest BCUT2D eigenvalue weighted by atomic mass is 16.6. The number of esters is 1. The number of carboxylic acids is 1. The summed E-state index contributed by atoms with van der Waals surface area (Å²) in [5.74, 6) is -2.77. The summed E-state index contributed by atoms with van der Waals surface area (Å²) in [6, 6.07) is 45.2. The highest BCUT2D eigenvalue weighted by Gasteiger charge is 2.38. The van der Waals surface area contributed by atoms with Crippen LogP contribution in [0.1, 0.15) is 146 Å². The van der Waals surface area contributed by atoms with Gasteiger partial charge in [-0.25, -0.2) is 0 Å². The monoisotopic (exact) mass is 1260 g/mol. The van der Waals surface area contributed by atoms with E-state index >= 15 is 0 Å². The molecule has 0 aliphatic heterocycles. The minimum Gasteiger partial charge on any atom is -0.497 e. The average Bonchev–Trinajstić information content (AvgIpc) is 2.39. The molecule has 6 aromatic carbocycles. The number of carbonyl (C=O) groups is 6. The molecular formula is C76H100N4O12. The second-order valence-corrected chi connectivity index (χ2v) is 26.8. The van der Waals surface area contributed by atoms with Crippen molar-refractivity contribution in [3.63, 3.8) is 0 Å². The number of hydrogen-bond acceptors (Lipinski definition) is 11. The molecule has 0 heterocycles. The summed E-state index contributed by atoms with van der Waals surface area (Å²) in [5, 5.41) is 21.6. The van der Waals surface area contributed by atoms with Crippen molar-refractivity contribution < 1.29 is 57.6 Å². The zero-order valence-electron chi connectivity index (χ0n) is 56.8. The molecule has 6 atom stereocenters. The molecule has 6 aromatic rings. The topological polar surface area (TPSA) is 217 Å². The van der Waals surface area contributed by atoms with Crippen molar-refractivity contribution >= 4 is 35.6 Å². The van der Waals surface area contributed by atoms with Gasteiger partial charge in [-0.1, -0.05) is 163 Å². The standard InChI is InChI=1S/C40H54N2O6.C36H46N2O6/c1-27-23-28(21-22-33(27)30-18-14-20-32(24-30)47-9)15-13-19-31(25-35(43)48-40(5,6)7)37(44)42-36(39(2,3)4)38(45)41-34(26-46-8)29-16-11-10-12-17-29;1-24-20-25(18-19-30(24)27-15-11-17-29(21-27)44-6)12-10-16-28(22-32(39)40)34(41)38-33(36(2,3)4)35(42)37-31(23-43-5)26-13-8-7-9-14-26/h10-12,14,16-18,20-24,31,34,36H,13,15,19,25-26H2,1-9H3,(H,41,45)(H,42,44);7-9,11,13-15,17-21,28,31,33H,10,12,16,22-23H2,1-6H3,(H,37,42)(H,38,41)(H,39,40)/t31-,34?,36-;28-,31?,33-/m11/s1. The van der Waals surface area contributed by atoms with E-state index in [1.54, 1.807) is 49.2 Å². The first-order valence-electron chi connectivity index (χ1n) is 31.7. The quantitative estimate of drug-likeness (QED) is 0.0266. The molecule has 496 valence electrons. The van der Waals surface area contributed by atoms with E-state index in [-0.39, 0.29) is 49.8 Å². The van der Waals surface area contributed by atoms with Gasteiger partial charge in [-0.3, -0.25) is 28.8 Å². The molecule has 6 rings (SSSR count). The zero-order valence-corrected chi connectivity index (χ0v) is 56.8. The average molecular weight is 1260 g/mol. The van der Waals surface area contributed by atoms with Crippen molar-refractivity contribution in [2.45, 2.75) is 157 Å². The fraction of sp³-hybridized carbons (Fsp3) is 0.447. The lowest BCUT2D eigenvalue weighted by Crippen LogP contribution is -2.55. The van der Waals surface area contributed by atoms with Gasteiger partial charge in [0, 0.05) is 26.1 Å². The lowest BCUT2D eigenvalue weighted by atomic mass is 9.85. The van der Waals surface area contributed by atoms with E-state index in [2.05, 4.69) is 77.6 Å². The van der Waals surface area contributed by atoms with Crippen LogP contribution in [0.3, 0.4) is 0 Å². The first-order valence-corrected chi connectivity index (χ1v) is 31.7. The van der Waals surface area contributed by atoms with E-state index in [0.29, 0.717) is 32.1 Å². The van der Waals surface area contributed by atoms with Gasteiger partial charge in [0.25, 0.3) is 0 Å². The van der Waals surface area contributed by atoms with E-state index in [4.69, 9.17) is 23.7 Å². The Morgan fingerprint density at radius 2 is 0.848 bits per heavy atom. The lowest BCUT2D eigenvalue weighted by molar-refractivity contribution is -0.157. The molecule has 92 heavy (non-hydrogen) atoms. The van der Waals surface area contributed by atoms with Gasteiger partial charge in [-0.15, -0.1) is 0 Å². The largest absolute Gasteiger partial charge is 0.497 e. The summed E-state index contributed by atoms with van der Waals surface area (Å²) in [7, 11) is 6.46. The van der Waals surface area contributed by atoms with Crippen molar-refractivity contribution in [2.24, 2.45) is 22.7 Å². The number of aryl methyl sites for hydroxylation is 4. The van der Waals surface area contributed by atoms with Gasteiger partial charge in [-0.2, -0.15) is 0 Å². The summed E-state index contributed by atoms with van der Waals surface area (Å²) in [6.07, 6.45) is 3.17. The van der Waals surface area contributed by atoms with Gasteiger partial charge in [0.1, 0.15) is 29.2 Å². The van der Waals surface area contributed by atoms with Crippen molar-refractivity contribution in [3.05, 3.63) is 179 Å². The Labute approximate surface area is 546 Å². The zero-order chi connectivity index (χ0) is 67.8. The molecule has 16 heteroatoms. The van der Waals surface area contributed by atoms with Crippen molar-refractivity contribution in [1.82, 2.24) is 21.3 Å². The molecule has 2 unspecified atom stereocenters. The van der Waals surface area contributed by atoms with E-state index in [1.165, 1.54) is 0 Å².